The number of carbonyl (C=O) groups is 1. The van der Waals surface area contributed by atoms with Crippen molar-refractivity contribution in [3.05, 3.63) is 0 Å². The van der Waals surface area contributed by atoms with Crippen molar-refractivity contribution in [2.75, 3.05) is 0 Å². The second-order valence-corrected chi connectivity index (χ2v) is 1.67. The number of aliphatic hydroxyl groups is 1. The van der Waals surface area contributed by atoms with Crippen LogP contribution in [0.25, 0.3) is 0 Å². The third-order valence-electron chi connectivity index (χ3n) is 0.848. The highest BCUT2D eigenvalue weighted by molar-refractivity contribution is 5.80. The zero-order valence-electron chi connectivity index (χ0n) is 4.66. The molecule has 0 heterocycles. The number of primary amides is 1. The maximum Gasteiger partial charge on any atom is 0.237 e. The molecule has 4 heteroatoms. The Morgan fingerprint density at radius 2 is 2.12 bits per heavy atom. The van der Waals surface area contributed by atoms with Crippen LogP contribution < -0.4 is 11.5 Å². The van der Waals surface area contributed by atoms with Crippen LogP contribution in [0.3, 0.4) is 0 Å². The Kier molecular flexibility index (Phi) is 2.44. The molecule has 1 unspecified atom stereocenters. The standard InChI is InChI=1S/C4H10N2O2/c1-2(7)3(5)4(6)8/h2-3,7H,5H2,1H3,(H2,6,8)/t2?,3-/m1/s1. The summed E-state index contributed by atoms with van der Waals surface area (Å²) >= 11 is 0. The average molecular weight is 118 g/mol. The van der Waals surface area contributed by atoms with Crippen molar-refractivity contribution in [1.29, 1.82) is 0 Å². The molecule has 0 aliphatic rings. The van der Waals surface area contributed by atoms with Crippen molar-refractivity contribution in [1.82, 2.24) is 0 Å². The summed E-state index contributed by atoms with van der Waals surface area (Å²) in [5, 5.41) is 8.57. The molecule has 0 fully saturated rings. The van der Waals surface area contributed by atoms with Gasteiger partial charge in [-0.2, -0.15) is 0 Å². The molecule has 0 aliphatic heterocycles. The second kappa shape index (κ2) is 2.64. The first-order valence-corrected chi connectivity index (χ1v) is 2.28. The molecule has 0 radical (unpaired) electrons. The van der Waals surface area contributed by atoms with Gasteiger partial charge >= 0.3 is 0 Å². The summed E-state index contributed by atoms with van der Waals surface area (Å²) in [5.41, 5.74) is 9.75. The molecule has 0 aromatic carbocycles. The van der Waals surface area contributed by atoms with Gasteiger partial charge < -0.3 is 16.6 Å². The van der Waals surface area contributed by atoms with Crippen LogP contribution in [0.4, 0.5) is 0 Å². The number of aliphatic hydroxyl groups excluding tert-OH is 1. The monoisotopic (exact) mass is 118 g/mol. The molecule has 0 rings (SSSR count). The van der Waals surface area contributed by atoms with Crippen molar-refractivity contribution in [3.8, 4) is 0 Å². The van der Waals surface area contributed by atoms with E-state index in [1.54, 1.807) is 0 Å². The first-order valence-electron chi connectivity index (χ1n) is 2.28. The minimum Gasteiger partial charge on any atom is -0.391 e. The average Bonchev–Trinajstić information content (AvgIpc) is 1.64. The molecule has 0 aromatic rings. The van der Waals surface area contributed by atoms with Gasteiger partial charge in [-0.05, 0) is 6.92 Å². The molecule has 0 aliphatic carbocycles. The molecular formula is C4H10N2O2. The summed E-state index contributed by atoms with van der Waals surface area (Å²) in [5.74, 6) is -0.681. The maximum absolute atomic E-state index is 10.1. The normalized spacial score (nSPS) is 17.4. The Labute approximate surface area is 47.5 Å². The van der Waals surface area contributed by atoms with Crippen LogP contribution in [0.5, 0.6) is 0 Å². The van der Waals surface area contributed by atoms with Gasteiger partial charge in [-0.1, -0.05) is 0 Å². The van der Waals surface area contributed by atoms with E-state index in [4.69, 9.17) is 16.6 Å². The van der Waals surface area contributed by atoms with Gasteiger partial charge in [0.1, 0.15) is 6.04 Å². The molecule has 0 saturated heterocycles. The van der Waals surface area contributed by atoms with Crippen LogP contribution in [0.2, 0.25) is 0 Å². The second-order valence-electron chi connectivity index (χ2n) is 1.67. The largest absolute Gasteiger partial charge is 0.391 e. The fraction of sp³-hybridized carbons (Fsp3) is 0.750. The third kappa shape index (κ3) is 1.90. The molecule has 0 saturated carbocycles. The lowest BCUT2D eigenvalue weighted by atomic mass is 10.2. The quantitative estimate of drug-likeness (QED) is 0.399. The van der Waals surface area contributed by atoms with Crippen molar-refractivity contribution >= 4 is 5.91 Å². The Bertz CT molecular complexity index is 92.0. The minimum atomic E-state index is -0.935. The summed E-state index contributed by atoms with van der Waals surface area (Å²) in [7, 11) is 0. The van der Waals surface area contributed by atoms with Gasteiger partial charge in [0.25, 0.3) is 0 Å². The highest BCUT2D eigenvalue weighted by Gasteiger charge is 2.13. The van der Waals surface area contributed by atoms with E-state index in [0.717, 1.165) is 0 Å². The molecule has 0 bridgehead atoms. The van der Waals surface area contributed by atoms with Crippen molar-refractivity contribution in [3.63, 3.8) is 0 Å². The van der Waals surface area contributed by atoms with Crippen LogP contribution in [-0.4, -0.2) is 23.2 Å². The Hall–Kier alpha value is -0.610. The highest BCUT2D eigenvalue weighted by Crippen LogP contribution is 1.84. The van der Waals surface area contributed by atoms with Gasteiger partial charge in [-0.15, -0.1) is 0 Å². The van der Waals surface area contributed by atoms with Crippen LogP contribution >= 0.6 is 0 Å². The lowest BCUT2D eigenvalue weighted by Gasteiger charge is -2.08. The van der Waals surface area contributed by atoms with Gasteiger partial charge in [0.05, 0.1) is 6.10 Å². The molecular weight excluding hydrogens is 108 g/mol. The number of hydrogen-bond donors (Lipinski definition) is 3. The van der Waals surface area contributed by atoms with Crippen LogP contribution in [0, 0.1) is 0 Å². The summed E-state index contributed by atoms with van der Waals surface area (Å²) in [6, 6.07) is -0.935. The fourth-order valence-corrected chi connectivity index (χ4v) is 0.238. The van der Waals surface area contributed by atoms with E-state index in [1.807, 2.05) is 0 Å². The van der Waals surface area contributed by atoms with Crippen LogP contribution in [-0.2, 0) is 4.79 Å². The topological polar surface area (TPSA) is 89.3 Å². The van der Waals surface area contributed by atoms with E-state index in [9.17, 15) is 4.79 Å². The predicted molar refractivity (Wildman–Crippen MR) is 28.9 cm³/mol. The summed E-state index contributed by atoms with van der Waals surface area (Å²) < 4.78 is 0. The van der Waals surface area contributed by atoms with Crippen molar-refractivity contribution in [2.45, 2.75) is 19.1 Å². The minimum absolute atomic E-state index is 0.681. The Balaban J connectivity index is 3.64. The molecule has 1 amide bonds. The molecule has 0 spiro atoms. The van der Waals surface area contributed by atoms with Gasteiger partial charge in [-0.3, -0.25) is 4.79 Å². The third-order valence-corrected chi connectivity index (χ3v) is 0.848. The van der Waals surface area contributed by atoms with E-state index >= 15 is 0 Å². The molecule has 5 N–H and O–H groups in total. The van der Waals surface area contributed by atoms with Gasteiger partial charge in [0.2, 0.25) is 5.91 Å². The van der Waals surface area contributed by atoms with Crippen molar-refractivity contribution < 1.29 is 9.90 Å². The first-order chi connectivity index (χ1) is 3.55. The first kappa shape index (κ1) is 7.39. The van der Waals surface area contributed by atoms with E-state index in [1.165, 1.54) is 6.92 Å². The maximum atomic E-state index is 10.1. The zero-order chi connectivity index (χ0) is 6.73. The Morgan fingerprint density at radius 3 is 2.12 bits per heavy atom. The molecule has 4 nitrogen and oxygen atoms in total. The fourth-order valence-electron chi connectivity index (χ4n) is 0.238. The SMILES string of the molecule is CC(O)[C@@H](N)C(N)=O. The molecule has 2 atom stereocenters. The van der Waals surface area contributed by atoms with Gasteiger partial charge in [0.15, 0.2) is 0 Å². The number of rotatable bonds is 2. The molecule has 8 heavy (non-hydrogen) atoms. The lowest BCUT2D eigenvalue weighted by molar-refractivity contribution is -0.121. The van der Waals surface area contributed by atoms with E-state index < -0.39 is 18.1 Å². The predicted octanol–water partition coefficient (Wildman–Crippen LogP) is -1.82. The van der Waals surface area contributed by atoms with Crippen LogP contribution in [0.1, 0.15) is 6.92 Å². The van der Waals surface area contributed by atoms with Crippen LogP contribution in [0.15, 0.2) is 0 Å². The summed E-state index contributed by atoms with van der Waals surface area (Å²) in [6.45, 7) is 1.41. The number of carbonyl (C=O) groups excluding carboxylic acids is 1. The summed E-state index contributed by atoms with van der Waals surface area (Å²) in [6.07, 6.45) is -0.854. The number of amides is 1. The Morgan fingerprint density at radius 1 is 1.75 bits per heavy atom. The number of hydrogen-bond acceptors (Lipinski definition) is 3. The lowest BCUT2D eigenvalue weighted by Crippen LogP contribution is -2.44. The van der Waals surface area contributed by atoms with Crippen molar-refractivity contribution in [2.24, 2.45) is 11.5 Å². The highest BCUT2D eigenvalue weighted by atomic mass is 16.3. The van der Waals surface area contributed by atoms with E-state index in [-0.39, 0.29) is 0 Å². The smallest absolute Gasteiger partial charge is 0.237 e. The van der Waals surface area contributed by atoms with Gasteiger partial charge in [-0.25, -0.2) is 0 Å². The molecule has 48 valence electrons. The summed E-state index contributed by atoms with van der Waals surface area (Å²) in [4.78, 5) is 10.1. The molecule has 0 aromatic heterocycles. The van der Waals surface area contributed by atoms with E-state index in [2.05, 4.69) is 0 Å². The van der Waals surface area contributed by atoms with E-state index in [0.29, 0.717) is 0 Å². The number of nitrogens with two attached hydrogens (primary N) is 2. The van der Waals surface area contributed by atoms with Gasteiger partial charge in [0, 0.05) is 0 Å². The zero-order valence-corrected chi connectivity index (χ0v) is 4.66.